The van der Waals surface area contributed by atoms with Crippen LogP contribution in [0.5, 0.6) is 0 Å². The van der Waals surface area contributed by atoms with Gasteiger partial charge in [0.05, 0.1) is 0 Å². The zero-order valence-corrected chi connectivity index (χ0v) is 12.3. The van der Waals surface area contributed by atoms with Crippen LogP contribution in [0.4, 0.5) is 0 Å². The van der Waals surface area contributed by atoms with Gasteiger partial charge < -0.3 is 0 Å². The van der Waals surface area contributed by atoms with E-state index in [9.17, 15) is 0 Å². The number of hydrogen-bond donors (Lipinski definition) is 0. The highest BCUT2D eigenvalue weighted by molar-refractivity contribution is 7.17. The van der Waals surface area contributed by atoms with E-state index in [2.05, 4.69) is 40.1 Å². The van der Waals surface area contributed by atoms with Crippen LogP contribution in [0.15, 0.2) is 6.08 Å². The van der Waals surface area contributed by atoms with Gasteiger partial charge in [-0.05, 0) is 25.0 Å². The van der Waals surface area contributed by atoms with Crippen molar-refractivity contribution in [1.29, 1.82) is 0 Å². The Morgan fingerprint density at radius 2 is 2.21 bits per heavy atom. The molecular formula is C13H19N5S. The number of aryl methyl sites for hydroxylation is 1. The third-order valence-corrected chi connectivity index (χ3v) is 4.45. The third-order valence-electron chi connectivity index (χ3n) is 3.48. The molecule has 0 unspecified atom stereocenters. The van der Waals surface area contributed by atoms with Gasteiger partial charge in [-0.1, -0.05) is 31.3 Å². The van der Waals surface area contributed by atoms with Crippen LogP contribution in [-0.2, 0) is 6.42 Å². The van der Waals surface area contributed by atoms with Gasteiger partial charge in [-0.15, -0.1) is 10.2 Å². The summed E-state index contributed by atoms with van der Waals surface area (Å²) in [4.78, 5) is 3.39. The van der Waals surface area contributed by atoms with Crippen LogP contribution < -0.4 is 0 Å². The maximum Gasteiger partial charge on any atom is 0.234 e. The van der Waals surface area contributed by atoms with E-state index in [1.165, 1.54) is 18.5 Å². The molecule has 0 radical (unpaired) electrons. The fourth-order valence-corrected chi connectivity index (χ4v) is 3.36. The van der Waals surface area contributed by atoms with Gasteiger partial charge in [0, 0.05) is 19.5 Å². The predicted molar refractivity (Wildman–Crippen MR) is 77.4 cm³/mol. The molecule has 3 heterocycles. The second kappa shape index (κ2) is 5.38. The molecular weight excluding hydrogens is 258 g/mol. The summed E-state index contributed by atoms with van der Waals surface area (Å²) in [6.45, 7) is 7.69. The van der Waals surface area contributed by atoms with Crippen LogP contribution in [-0.4, -0.2) is 44.3 Å². The van der Waals surface area contributed by atoms with Gasteiger partial charge in [-0.2, -0.15) is 9.61 Å². The van der Waals surface area contributed by atoms with E-state index in [1.807, 2.05) is 4.52 Å². The number of nitrogens with zero attached hydrogens (tertiary/aromatic N) is 5. The molecule has 0 saturated carbocycles. The van der Waals surface area contributed by atoms with Crippen molar-refractivity contribution in [2.24, 2.45) is 0 Å². The lowest BCUT2D eigenvalue weighted by Crippen LogP contribution is -2.29. The number of rotatable bonds is 4. The van der Waals surface area contributed by atoms with Gasteiger partial charge in [-0.25, -0.2) is 0 Å². The van der Waals surface area contributed by atoms with E-state index in [-0.39, 0.29) is 0 Å². The van der Waals surface area contributed by atoms with Gasteiger partial charge in [0.15, 0.2) is 5.82 Å². The first-order valence-corrected chi connectivity index (χ1v) is 7.76. The fraction of sp³-hybridized carbons (Fsp3) is 0.615. The Morgan fingerprint density at radius 1 is 1.32 bits per heavy atom. The minimum absolute atomic E-state index is 0.869. The summed E-state index contributed by atoms with van der Waals surface area (Å²) in [7, 11) is 0. The third kappa shape index (κ3) is 2.42. The predicted octanol–water partition coefficient (Wildman–Crippen LogP) is 2.25. The fourth-order valence-electron chi connectivity index (χ4n) is 2.43. The van der Waals surface area contributed by atoms with E-state index >= 15 is 0 Å². The quantitative estimate of drug-likeness (QED) is 0.860. The summed E-state index contributed by atoms with van der Waals surface area (Å²) in [6, 6.07) is 0. The zero-order chi connectivity index (χ0) is 13.2. The molecule has 5 nitrogen and oxygen atoms in total. The Labute approximate surface area is 116 Å². The maximum atomic E-state index is 4.66. The summed E-state index contributed by atoms with van der Waals surface area (Å²) in [5.41, 5.74) is 1.37. The van der Waals surface area contributed by atoms with Crippen LogP contribution in [0, 0.1) is 0 Å². The maximum absolute atomic E-state index is 4.66. The minimum atomic E-state index is 0.869. The SMILES string of the molecule is CCCN1CC=C(c2nn3c(CC)nnc3s2)CC1. The lowest BCUT2D eigenvalue weighted by atomic mass is 10.1. The first kappa shape index (κ1) is 12.7. The molecule has 0 fully saturated rings. The topological polar surface area (TPSA) is 46.3 Å². The van der Waals surface area contributed by atoms with Crippen molar-refractivity contribution >= 4 is 21.9 Å². The first-order valence-electron chi connectivity index (χ1n) is 6.94. The van der Waals surface area contributed by atoms with Gasteiger partial charge in [0.25, 0.3) is 0 Å². The van der Waals surface area contributed by atoms with E-state index in [0.717, 1.165) is 41.7 Å². The Hall–Kier alpha value is -1.27. The van der Waals surface area contributed by atoms with E-state index in [4.69, 9.17) is 0 Å². The van der Waals surface area contributed by atoms with Crippen LogP contribution in [0.25, 0.3) is 10.5 Å². The summed E-state index contributed by atoms with van der Waals surface area (Å²) < 4.78 is 1.89. The molecule has 2 aromatic heterocycles. The smallest absolute Gasteiger partial charge is 0.234 e. The highest BCUT2D eigenvalue weighted by Crippen LogP contribution is 2.26. The van der Waals surface area contributed by atoms with Gasteiger partial charge in [0.1, 0.15) is 5.01 Å². The molecule has 2 aromatic rings. The summed E-state index contributed by atoms with van der Waals surface area (Å²) in [6.07, 6.45) is 5.50. The summed E-state index contributed by atoms with van der Waals surface area (Å²) in [5.74, 6) is 0.946. The number of fused-ring (bicyclic) bond motifs is 1. The standard InChI is InChI=1S/C13H19N5S/c1-3-7-17-8-5-10(6-9-17)12-16-18-11(4-2)14-15-13(18)19-12/h5H,3-4,6-9H2,1-2H3. The van der Waals surface area contributed by atoms with Crippen molar-refractivity contribution in [2.45, 2.75) is 33.1 Å². The molecule has 6 heteroatoms. The molecule has 0 amide bonds. The Balaban J connectivity index is 1.83. The van der Waals surface area contributed by atoms with Crippen molar-refractivity contribution in [3.8, 4) is 0 Å². The molecule has 0 bridgehead atoms. The van der Waals surface area contributed by atoms with Crippen molar-refractivity contribution in [3.05, 3.63) is 16.9 Å². The molecule has 0 spiro atoms. The number of hydrogen-bond acceptors (Lipinski definition) is 5. The Morgan fingerprint density at radius 3 is 2.89 bits per heavy atom. The molecule has 0 N–H and O–H groups in total. The van der Waals surface area contributed by atoms with Crippen LogP contribution in [0.3, 0.4) is 0 Å². The molecule has 0 saturated heterocycles. The average molecular weight is 277 g/mol. The van der Waals surface area contributed by atoms with Crippen molar-refractivity contribution in [1.82, 2.24) is 24.7 Å². The monoisotopic (exact) mass is 277 g/mol. The van der Waals surface area contributed by atoms with Crippen molar-refractivity contribution < 1.29 is 0 Å². The second-order valence-corrected chi connectivity index (χ2v) is 5.81. The Bertz CT molecular complexity index is 597. The highest BCUT2D eigenvalue weighted by atomic mass is 32.1. The average Bonchev–Trinajstić information content (AvgIpc) is 2.99. The normalized spacial score (nSPS) is 17.1. The molecule has 1 aliphatic rings. The lowest BCUT2D eigenvalue weighted by molar-refractivity contribution is 0.302. The summed E-state index contributed by atoms with van der Waals surface area (Å²) >= 11 is 1.65. The van der Waals surface area contributed by atoms with Crippen molar-refractivity contribution in [3.63, 3.8) is 0 Å². The van der Waals surface area contributed by atoms with E-state index in [1.54, 1.807) is 11.3 Å². The first-order chi connectivity index (χ1) is 9.31. The van der Waals surface area contributed by atoms with Crippen LogP contribution in [0.2, 0.25) is 0 Å². The van der Waals surface area contributed by atoms with Gasteiger partial charge >= 0.3 is 0 Å². The second-order valence-electron chi connectivity index (χ2n) is 4.85. The van der Waals surface area contributed by atoms with Gasteiger partial charge in [0.2, 0.25) is 4.96 Å². The Kier molecular flexibility index (Phi) is 3.61. The van der Waals surface area contributed by atoms with Gasteiger partial charge in [-0.3, -0.25) is 4.90 Å². The molecule has 102 valence electrons. The van der Waals surface area contributed by atoms with Crippen molar-refractivity contribution in [2.75, 3.05) is 19.6 Å². The van der Waals surface area contributed by atoms with Crippen LogP contribution in [0.1, 0.15) is 37.5 Å². The molecule has 19 heavy (non-hydrogen) atoms. The highest BCUT2D eigenvalue weighted by Gasteiger charge is 2.17. The van der Waals surface area contributed by atoms with Crippen LogP contribution >= 0.6 is 11.3 Å². The molecule has 0 aromatic carbocycles. The van der Waals surface area contributed by atoms with E-state index < -0.39 is 0 Å². The lowest BCUT2D eigenvalue weighted by Gasteiger charge is -2.24. The molecule has 0 atom stereocenters. The largest absolute Gasteiger partial charge is 0.299 e. The summed E-state index contributed by atoms with van der Waals surface area (Å²) in [5, 5.41) is 14.1. The number of aromatic nitrogens is 4. The zero-order valence-electron chi connectivity index (χ0n) is 11.5. The minimum Gasteiger partial charge on any atom is -0.299 e. The molecule has 3 rings (SSSR count). The van der Waals surface area contributed by atoms with E-state index in [0.29, 0.717) is 0 Å². The molecule has 1 aliphatic heterocycles. The molecule has 0 aliphatic carbocycles.